The Labute approximate surface area is 176 Å². The number of carbonyl (C=O) groups is 1. The molecule has 0 N–H and O–H groups in total. The maximum Gasteiger partial charge on any atom is 0.337 e. The second kappa shape index (κ2) is 7.36. The maximum absolute atomic E-state index is 12.7. The summed E-state index contributed by atoms with van der Waals surface area (Å²) >= 11 is 0. The van der Waals surface area contributed by atoms with Crippen molar-refractivity contribution in [3.05, 3.63) is 52.8 Å². The first-order chi connectivity index (χ1) is 15.0. The number of aliphatic imine (C=N–C) groups is 1. The molecule has 1 atom stereocenters. The average molecular weight is 418 g/mol. The number of imidazole rings is 1. The van der Waals surface area contributed by atoms with Crippen LogP contribution in [0.1, 0.15) is 18.4 Å². The zero-order valence-electron chi connectivity index (χ0n) is 16.6. The van der Waals surface area contributed by atoms with E-state index in [1.165, 1.54) is 17.2 Å². The SMILES string of the molecule is Cn1cnc2ncn(CC3=NC(C4CC(Oc5cccc(C#N)c5)C4)C(=O)O3)c(=O)c21. The molecule has 10 nitrogen and oxygen atoms in total. The van der Waals surface area contributed by atoms with Crippen LogP contribution in [0.2, 0.25) is 0 Å². The van der Waals surface area contributed by atoms with Gasteiger partial charge < -0.3 is 14.0 Å². The lowest BCUT2D eigenvalue weighted by atomic mass is 9.77. The van der Waals surface area contributed by atoms with Gasteiger partial charge in [0.2, 0.25) is 5.90 Å². The molecule has 1 aliphatic carbocycles. The molecule has 0 amide bonds. The third-order valence-electron chi connectivity index (χ3n) is 5.59. The quantitative estimate of drug-likeness (QED) is 0.570. The molecule has 0 radical (unpaired) electrons. The minimum Gasteiger partial charge on any atom is -0.490 e. The Bertz CT molecular complexity index is 1310. The molecule has 1 fully saturated rings. The Hall–Kier alpha value is -4.00. The summed E-state index contributed by atoms with van der Waals surface area (Å²) in [5.74, 6) is 0.445. The first-order valence-corrected chi connectivity index (χ1v) is 9.83. The van der Waals surface area contributed by atoms with Gasteiger partial charge in [0, 0.05) is 7.05 Å². The van der Waals surface area contributed by atoms with Gasteiger partial charge in [-0.2, -0.15) is 5.26 Å². The summed E-state index contributed by atoms with van der Waals surface area (Å²) in [6, 6.07) is 8.48. The van der Waals surface area contributed by atoms with Crippen LogP contribution in [0.15, 0.2) is 46.7 Å². The number of hydrogen-bond acceptors (Lipinski definition) is 8. The number of benzene rings is 1. The van der Waals surface area contributed by atoms with E-state index in [4.69, 9.17) is 14.7 Å². The number of nitriles is 1. The third kappa shape index (κ3) is 3.44. The lowest BCUT2D eigenvalue weighted by Gasteiger charge is -2.36. The molecule has 156 valence electrons. The van der Waals surface area contributed by atoms with E-state index in [9.17, 15) is 9.59 Å². The number of fused-ring (bicyclic) bond motifs is 1. The van der Waals surface area contributed by atoms with E-state index in [-0.39, 0.29) is 30.0 Å². The van der Waals surface area contributed by atoms with Crippen LogP contribution >= 0.6 is 0 Å². The van der Waals surface area contributed by atoms with E-state index in [1.54, 1.807) is 35.9 Å². The molecule has 0 bridgehead atoms. The smallest absolute Gasteiger partial charge is 0.337 e. The van der Waals surface area contributed by atoms with E-state index in [0.717, 1.165) is 0 Å². The summed E-state index contributed by atoms with van der Waals surface area (Å²) in [7, 11) is 1.72. The van der Waals surface area contributed by atoms with Crippen molar-refractivity contribution in [2.24, 2.45) is 18.0 Å². The van der Waals surface area contributed by atoms with Crippen molar-refractivity contribution in [1.29, 1.82) is 5.26 Å². The maximum atomic E-state index is 12.7. The van der Waals surface area contributed by atoms with E-state index < -0.39 is 12.0 Å². The molecule has 1 aromatic carbocycles. The van der Waals surface area contributed by atoms with Crippen LogP contribution in [0, 0.1) is 17.2 Å². The van der Waals surface area contributed by atoms with Gasteiger partial charge in [0.05, 0.1) is 24.1 Å². The fraction of sp³-hybridized carbons (Fsp3) is 0.333. The Morgan fingerprint density at radius 2 is 2.06 bits per heavy atom. The zero-order chi connectivity index (χ0) is 21.5. The number of hydrogen-bond donors (Lipinski definition) is 0. The van der Waals surface area contributed by atoms with Gasteiger partial charge in [-0.1, -0.05) is 6.07 Å². The number of cyclic esters (lactones) is 1. The predicted molar refractivity (Wildman–Crippen MR) is 108 cm³/mol. The highest BCUT2D eigenvalue weighted by Gasteiger charge is 2.44. The molecular weight excluding hydrogens is 400 g/mol. The van der Waals surface area contributed by atoms with E-state index in [0.29, 0.717) is 35.3 Å². The number of aryl methyl sites for hydroxylation is 1. The summed E-state index contributed by atoms with van der Waals surface area (Å²) < 4.78 is 14.2. The summed E-state index contributed by atoms with van der Waals surface area (Å²) in [6.45, 7) is 0.0305. The molecule has 0 saturated heterocycles. The van der Waals surface area contributed by atoms with Gasteiger partial charge in [0.25, 0.3) is 5.56 Å². The van der Waals surface area contributed by atoms with Crippen LogP contribution in [0.25, 0.3) is 11.2 Å². The van der Waals surface area contributed by atoms with Crippen LogP contribution in [0.5, 0.6) is 5.75 Å². The van der Waals surface area contributed by atoms with Crippen molar-refractivity contribution in [3.63, 3.8) is 0 Å². The minimum absolute atomic E-state index is 0.0172. The van der Waals surface area contributed by atoms with Gasteiger partial charge in [-0.05, 0) is 37.0 Å². The second-order valence-electron chi connectivity index (χ2n) is 7.71. The molecular formula is C21H18N6O4. The number of ether oxygens (including phenoxy) is 2. The monoisotopic (exact) mass is 418 g/mol. The number of rotatable bonds is 5. The molecule has 3 aromatic rings. The van der Waals surface area contributed by atoms with Gasteiger partial charge in [0.1, 0.15) is 18.6 Å². The molecule has 1 aliphatic heterocycles. The van der Waals surface area contributed by atoms with Gasteiger partial charge >= 0.3 is 5.97 Å². The van der Waals surface area contributed by atoms with Crippen LogP contribution in [0.3, 0.4) is 0 Å². The third-order valence-corrected chi connectivity index (χ3v) is 5.59. The molecule has 10 heteroatoms. The average Bonchev–Trinajstić information content (AvgIpc) is 3.29. The number of carbonyl (C=O) groups excluding carboxylic acids is 1. The Morgan fingerprint density at radius 3 is 2.87 bits per heavy atom. The molecule has 2 aliphatic rings. The molecule has 31 heavy (non-hydrogen) atoms. The lowest BCUT2D eigenvalue weighted by Crippen LogP contribution is -2.41. The summed E-state index contributed by atoms with van der Waals surface area (Å²) in [6.07, 6.45) is 4.19. The molecule has 3 heterocycles. The highest BCUT2D eigenvalue weighted by Crippen LogP contribution is 2.37. The van der Waals surface area contributed by atoms with E-state index in [1.807, 2.05) is 0 Å². The first kappa shape index (κ1) is 19.0. The number of nitrogens with zero attached hydrogens (tertiary/aromatic N) is 6. The van der Waals surface area contributed by atoms with Crippen molar-refractivity contribution in [3.8, 4) is 11.8 Å². The van der Waals surface area contributed by atoms with E-state index in [2.05, 4.69) is 21.0 Å². The summed E-state index contributed by atoms with van der Waals surface area (Å²) in [5.41, 5.74) is 1.01. The highest BCUT2D eigenvalue weighted by molar-refractivity contribution is 5.97. The lowest BCUT2D eigenvalue weighted by molar-refractivity contribution is -0.137. The number of aromatic nitrogens is 4. The highest BCUT2D eigenvalue weighted by atomic mass is 16.6. The Balaban J connectivity index is 1.24. The van der Waals surface area contributed by atoms with Crippen molar-refractivity contribution in [2.45, 2.75) is 31.5 Å². The topological polar surface area (TPSA) is 124 Å². The van der Waals surface area contributed by atoms with Gasteiger partial charge in [-0.3, -0.25) is 9.36 Å². The normalized spacial score (nSPS) is 22.5. The van der Waals surface area contributed by atoms with Gasteiger partial charge in [-0.15, -0.1) is 0 Å². The molecule has 2 aromatic heterocycles. The zero-order valence-corrected chi connectivity index (χ0v) is 16.6. The molecule has 5 rings (SSSR count). The number of esters is 1. The Morgan fingerprint density at radius 1 is 1.26 bits per heavy atom. The fourth-order valence-electron chi connectivity index (χ4n) is 3.90. The van der Waals surface area contributed by atoms with Crippen molar-refractivity contribution < 1.29 is 14.3 Å². The second-order valence-corrected chi connectivity index (χ2v) is 7.71. The minimum atomic E-state index is -0.593. The van der Waals surface area contributed by atoms with Crippen molar-refractivity contribution >= 4 is 23.0 Å². The van der Waals surface area contributed by atoms with Crippen LogP contribution in [-0.2, 0) is 23.1 Å². The first-order valence-electron chi connectivity index (χ1n) is 9.83. The van der Waals surface area contributed by atoms with Gasteiger partial charge in [-0.25, -0.2) is 19.8 Å². The molecule has 1 unspecified atom stereocenters. The van der Waals surface area contributed by atoms with Crippen LogP contribution < -0.4 is 10.3 Å². The standard InChI is InChI=1S/C21H18N6O4/c1-26-10-23-19-18(26)20(28)27(11-24-19)9-16-25-17(21(29)31-16)13-6-15(7-13)30-14-4-2-3-12(5-14)8-22/h2-5,10-11,13,15,17H,6-7,9H2,1H3. The molecule has 1 saturated carbocycles. The van der Waals surface area contributed by atoms with Crippen molar-refractivity contribution in [2.75, 3.05) is 0 Å². The van der Waals surface area contributed by atoms with Crippen LogP contribution in [0.4, 0.5) is 0 Å². The van der Waals surface area contributed by atoms with Crippen molar-refractivity contribution in [1.82, 2.24) is 19.1 Å². The predicted octanol–water partition coefficient (Wildman–Crippen LogP) is 1.18. The van der Waals surface area contributed by atoms with E-state index >= 15 is 0 Å². The summed E-state index contributed by atoms with van der Waals surface area (Å²) in [5, 5.41) is 8.98. The Kier molecular flexibility index (Phi) is 4.51. The summed E-state index contributed by atoms with van der Waals surface area (Å²) in [4.78, 5) is 37.6. The van der Waals surface area contributed by atoms with Gasteiger partial charge in [0.15, 0.2) is 17.2 Å². The van der Waals surface area contributed by atoms with Crippen LogP contribution in [-0.4, -0.2) is 43.1 Å². The molecule has 0 spiro atoms. The fourth-order valence-corrected chi connectivity index (χ4v) is 3.90. The largest absolute Gasteiger partial charge is 0.490 e.